The van der Waals surface area contributed by atoms with E-state index >= 15 is 0 Å². The topological polar surface area (TPSA) is 99.8 Å². The molecule has 0 spiro atoms. The van der Waals surface area contributed by atoms with Crippen LogP contribution in [-0.4, -0.2) is 76.0 Å². The normalized spacial score (nSPS) is 38.5. The highest BCUT2D eigenvalue weighted by atomic mass is 35.5. The number of hydrogen-bond acceptors (Lipinski definition) is 6. The van der Waals surface area contributed by atoms with E-state index in [1.54, 1.807) is 7.11 Å². The Bertz CT molecular complexity index is 692. The van der Waals surface area contributed by atoms with Crippen molar-refractivity contribution in [3.05, 3.63) is 0 Å². The zero-order valence-electron chi connectivity index (χ0n) is 17.6. The first-order valence-corrected chi connectivity index (χ1v) is 12.8. The monoisotopic (exact) mass is 468 g/mol. The summed E-state index contributed by atoms with van der Waals surface area (Å²) in [5.41, 5.74) is 2.24. The first kappa shape index (κ1) is 24.1. The van der Waals surface area contributed by atoms with Crippen LogP contribution in [0.15, 0.2) is 0 Å². The Morgan fingerprint density at radius 2 is 1.97 bits per heavy atom. The molecule has 5 unspecified atom stereocenters. The van der Waals surface area contributed by atoms with Crippen molar-refractivity contribution in [2.75, 3.05) is 33.1 Å². The first-order chi connectivity index (χ1) is 14.2. The standard InChI is InChI=1S/C19H34ClFN4O4S/c1-25-9-17(22-11-25)13-7-15(18(21)16(20)8-13)19(26)23-24-30(27,28)10-12-3-5-14(29-2)6-4-12/h12-18,22,24H,3-11H2,1-2H3,(H,23,26). The van der Waals surface area contributed by atoms with E-state index in [0.717, 1.165) is 38.9 Å². The Morgan fingerprint density at radius 3 is 2.57 bits per heavy atom. The fourth-order valence-electron chi connectivity index (χ4n) is 4.96. The number of carbonyl (C=O) groups is 1. The maximum Gasteiger partial charge on any atom is 0.241 e. The van der Waals surface area contributed by atoms with E-state index in [4.69, 9.17) is 16.3 Å². The van der Waals surface area contributed by atoms with Crippen molar-refractivity contribution in [1.29, 1.82) is 0 Å². The number of carbonyl (C=O) groups excluding carboxylic acids is 1. The molecule has 1 amide bonds. The largest absolute Gasteiger partial charge is 0.381 e. The molecule has 0 bridgehead atoms. The van der Waals surface area contributed by atoms with E-state index in [2.05, 4.69) is 20.5 Å². The zero-order valence-corrected chi connectivity index (χ0v) is 19.2. The van der Waals surface area contributed by atoms with E-state index in [9.17, 15) is 17.6 Å². The minimum absolute atomic E-state index is 0.0245. The van der Waals surface area contributed by atoms with Gasteiger partial charge in [-0.2, -0.15) is 0 Å². The fourth-order valence-corrected chi connectivity index (χ4v) is 6.66. The molecule has 3 N–H and O–H groups in total. The van der Waals surface area contributed by atoms with Gasteiger partial charge in [-0.15, -0.1) is 16.4 Å². The predicted molar refractivity (Wildman–Crippen MR) is 113 cm³/mol. The number of likely N-dealkylation sites (N-methyl/N-ethyl adjacent to an activating group) is 1. The second-order valence-electron chi connectivity index (χ2n) is 9.06. The van der Waals surface area contributed by atoms with Crippen LogP contribution in [-0.2, 0) is 19.6 Å². The highest BCUT2D eigenvalue weighted by molar-refractivity contribution is 7.89. The molecule has 174 valence electrons. The lowest BCUT2D eigenvalue weighted by Crippen LogP contribution is -2.52. The molecule has 2 aliphatic carbocycles. The van der Waals surface area contributed by atoms with Crippen LogP contribution < -0.4 is 15.6 Å². The van der Waals surface area contributed by atoms with Crippen molar-refractivity contribution in [2.45, 2.75) is 62.2 Å². The SMILES string of the molecule is COC1CCC(CS(=O)(=O)NNC(=O)C2CC(C3CN(C)CN3)CC(Cl)C2F)CC1. The molecule has 11 heteroatoms. The number of amides is 1. The van der Waals surface area contributed by atoms with Crippen LogP contribution >= 0.6 is 11.6 Å². The lowest BCUT2D eigenvalue weighted by molar-refractivity contribution is -0.129. The molecule has 0 radical (unpaired) electrons. The summed E-state index contributed by atoms with van der Waals surface area (Å²) >= 11 is 6.21. The Hall–Kier alpha value is -0.520. The van der Waals surface area contributed by atoms with Gasteiger partial charge in [0, 0.05) is 26.4 Å². The summed E-state index contributed by atoms with van der Waals surface area (Å²) in [7, 11) is -0.0452. The number of methoxy groups -OCH3 is 1. The van der Waals surface area contributed by atoms with Gasteiger partial charge in [-0.3, -0.25) is 20.4 Å². The third-order valence-electron chi connectivity index (χ3n) is 6.76. The third kappa shape index (κ3) is 6.26. The average molecular weight is 469 g/mol. The smallest absolute Gasteiger partial charge is 0.241 e. The number of alkyl halides is 2. The predicted octanol–water partition coefficient (Wildman–Crippen LogP) is 0.975. The van der Waals surface area contributed by atoms with Crippen molar-refractivity contribution in [3.63, 3.8) is 0 Å². The molecule has 1 saturated heterocycles. The molecule has 2 saturated carbocycles. The van der Waals surface area contributed by atoms with E-state index in [-0.39, 0.29) is 29.7 Å². The van der Waals surface area contributed by atoms with Crippen LogP contribution in [0.2, 0.25) is 0 Å². The number of sulfonamides is 1. The number of rotatable bonds is 7. The minimum atomic E-state index is -3.70. The summed E-state index contributed by atoms with van der Waals surface area (Å²) in [6, 6.07) is 0.151. The molecule has 3 fully saturated rings. The van der Waals surface area contributed by atoms with Gasteiger partial charge in [-0.05, 0) is 57.4 Å². The highest BCUT2D eigenvalue weighted by Gasteiger charge is 2.44. The van der Waals surface area contributed by atoms with E-state index in [0.29, 0.717) is 12.8 Å². The molecule has 3 rings (SSSR count). The summed E-state index contributed by atoms with van der Waals surface area (Å²) < 4.78 is 44.8. The van der Waals surface area contributed by atoms with Gasteiger partial charge in [0.25, 0.3) is 0 Å². The number of hydrogen-bond donors (Lipinski definition) is 3. The average Bonchev–Trinajstić information content (AvgIpc) is 3.15. The van der Waals surface area contributed by atoms with Gasteiger partial charge in [0.2, 0.25) is 15.9 Å². The van der Waals surface area contributed by atoms with E-state index in [1.807, 2.05) is 7.05 Å². The summed E-state index contributed by atoms with van der Waals surface area (Å²) in [6.07, 6.45) is 2.71. The maximum atomic E-state index is 14.7. The molecule has 0 aromatic heterocycles. The highest BCUT2D eigenvalue weighted by Crippen LogP contribution is 2.37. The first-order valence-electron chi connectivity index (χ1n) is 10.7. The van der Waals surface area contributed by atoms with Crippen LogP contribution in [0.3, 0.4) is 0 Å². The number of nitrogens with zero attached hydrogens (tertiary/aromatic N) is 1. The number of nitrogens with one attached hydrogen (secondary N) is 3. The van der Waals surface area contributed by atoms with Crippen molar-refractivity contribution in [3.8, 4) is 0 Å². The van der Waals surface area contributed by atoms with Crippen LogP contribution in [0.4, 0.5) is 4.39 Å². The van der Waals surface area contributed by atoms with E-state index in [1.165, 1.54) is 0 Å². The molecule has 0 aromatic carbocycles. The van der Waals surface area contributed by atoms with Crippen molar-refractivity contribution < 1.29 is 22.3 Å². The van der Waals surface area contributed by atoms with E-state index < -0.39 is 33.4 Å². The van der Waals surface area contributed by atoms with Crippen molar-refractivity contribution in [1.82, 2.24) is 20.5 Å². The maximum absolute atomic E-state index is 14.7. The Labute approximate surface area is 183 Å². The van der Waals surface area contributed by atoms with Crippen LogP contribution in [0.5, 0.6) is 0 Å². The molecule has 8 nitrogen and oxygen atoms in total. The molecule has 3 aliphatic rings. The second-order valence-corrected chi connectivity index (χ2v) is 11.4. The zero-order chi connectivity index (χ0) is 21.9. The molecule has 0 aromatic rings. The molecule has 1 heterocycles. The minimum Gasteiger partial charge on any atom is -0.381 e. The summed E-state index contributed by atoms with van der Waals surface area (Å²) in [6.45, 7) is 1.56. The molecular weight excluding hydrogens is 435 g/mol. The van der Waals surface area contributed by atoms with Crippen molar-refractivity contribution in [2.24, 2.45) is 17.8 Å². The molecule has 30 heavy (non-hydrogen) atoms. The molecular formula is C19H34ClFN4O4S. The van der Waals surface area contributed by atoms with Gasteiger partial charge in [0.1, 0.15) is 6.17 Å². The third-order valence-corrected chi connectivity index (χ3v) is 8.51. The van der Waals surface area contributed by atoms with Crippen LogP contribution in [0.1, 0.15) is 38.5 Å². The van der Waals surface area contributed by atoms with Crippen molar-refractivity contribution >= 4 is 27.5 Å². The van der Waals surface area contributed by atoms with Gasteiger partial charge in [0.05, 0.1) is 23.2 Å². The molecule has 1 aliphatic heterocycles. The van der Waals surface area contributed by atoms with Gasteiger partial charge < -0.3 is 4.74 Å². The number of ether oxygens (including phenoxy) is 1. The summed E-state index contributed by atoms with van der Waals surface area (Å²) in [5.74, 6) is -1.61. The number of halogens is 2. The lowest BCUT2D eigenvalue weighted by atomic mass is 9.76. The second kappa shape index (κ2) is 10.4. The number of hydrazine groups is 1. The van der Waals surface area contributed by atoms with Gasteiger partial charge >= 0.3 is 0 Å². The van der Waals surface area contributed by atoms with Gasteiger partial charge in [0.15, 0.2) is 0 Å². The lowest BCUT2D eigenvalue weighted by Gasteiger charge is -2.37. The van der Waals surface area contributed by atoms with Crippen LogP contribution in [0.25, 0.3) is 0 Å². The van der Waals surface area contributed by atoms with Gasteiger partial charge in [-0.25, -0.2) is 12.8 Å². The summed E-state index contributed by atoms with van der Waals surface area (Å²) in [4.78, 5) is 16.9. The van der Waals surface area contributed by atoms with Gasteiger partial charge in [-0.1, -0.05) is 0 Å². The fraction of sp³-hybridized carbons (Fsp3) is 0.947. The molecule has 5 atom stereocenters. The Morgan fingerprint density at radius 1 is 1.27 bits per heavy atom. The Balaban J connectivity index is 1.51. The summed E-state index contributed by atoms with van der Waals surface area (Å²) in [5, 5.41) is 2.61. The quantitative estimate of drug-likeness (QED) is 0.380. The Kier molecular flexibility index (Phi) is 8.36. The van der Waals surface area contributed by atoms with Crippen LogP contribution in [0, 0.1) is 17.8 Å².